The maximum Gasteiger partial charge on any atom is 0.238 e. The predicted octanol–water partition coefficient (Wildman–Crippen LogP) is 2.70. The highest BCUT2D eigenvalue weighted by Crippen LogP contribution is 2.29. The van der Waals surface area contributed by atoms with Gasteiger partial charge in [0.25, 0.3) is 0 Å². The van der Waals surface area contributed by atoms with Gasteiger partial charge in [0.1, 0.15) is 17.3 Å². The number of piperidine rings is 1. The lowest BCUT2D eigenvalue weighted by molar-refractivity contribution is -0.121. The van der Waals surface area contributed by atoms with Crippen molar-refractivity contribution < 1.29 is 19.1 Å². The number of aromatic nitrogens is 1. The van der Waals surface area contributed by atoms with E-state index in [0.717, 1.165) is 5.56 Å². The van der Waals surface area contributed by atoms with Crippen molar-refractivity contribution in [2.45, 2.75) is 19.8 Å². The Bertz CT molecular complexity index is 877. The minimum Gasteiger partial charge on any atom is -0.497 e. The van der Waals surface area contributed by atoms with Gasteiger partial charge in [0.15, 0.2) is 0 Å². The van der Waals surface area contributed by atoms with Crippen LogP contribution in [0.3, 0.4) is 0 Å². The monoisotopic (exact) mass is 412 g/mol. The van der Waals surface area contributed by atoms with E-state index >= 15 is 0 Å². The number of benzene rings is 1. The molecule has 2 N–H and O–H groups in total. The van der Waals surface area contributed by atoms with Crippen LogP contribution in [0.5, 0.6) is 11.5 Å². The maximum atomic E-state index is 12.5. The molecule has 30 heavy (non-hydrogen) atoms. The summed E-state index contributed by atoms with van der Waals surface area (Å²) in [5.74, 6) is 1.56. The van der Waals surface area contributed by atoms with E-state index in [0.29, 0.717) is 48.9 Å². The maximum absolute atomic E-state index is 12.5. The van der Waals surface area contributed by atoms with E-state index in [4.69, 9.17) is 9.47 Å². The molecule has 8 nitrogen and oxygen atoms in total. The molecule has 0 unspecified atom stereocenters. The highest BCUT2D eigenvalue weighted by molar-refractivity contribution is 5.94. The summed E-state index contributed by atoms with van der Waals surface area (Å²) in [7, 11) is 3.13. The van der Waals surface area contributed by atoms with E-state index in [-0.39, 0.29) is 24.3 Å². The second kappa shape index (κ2) is 10.1. The first-order valence-corrected chi connectivity index (χ1v) is 9.96. The second-order valence-corrected chi connectivity index (χ2v) is 7.37. The van der Waals surface area contributed by atoms with Crippen LogP contribution in [0, 0.1) is 12.8 Å². The third-order valence-corrected chi connectivity index (χ3v) is 5.17. The van der Waals surface area contributed by atoms with E-state index in [1.165, 1.54) is 0 Å². The number of carbonyl (C=O) groups excluding carboxylic acids is 2. The molecule has 2 amide bonds. The molecule has 2 heterocycles. The van der Waals surface area contributed by atoms with Gasteiger partial charge in [-0.3, -0.25) is 14.5 Å². The number of ether oxygens (including phenoxy) is 2. The van der Waals surface area contributed by atoms with Gasteiger partial charge in [-0.15, -0.1) is 0 Å². The fourth-order valence-electron chi connectivity index (χ4n) is 3.42. The van der Waals surface area contributed by atoms with Crippen LogP contribution >= 0.6 is 0 Å². The fraction of sp³-hybridized carbons (Fsp3) is 0.409. The smallest absolute Gasteiger partial charge is 0.238 e. The molecule has 0 saturated carbocycles. The summed E-state index contributed by atoms with van der Waals surface area (Å²) in [4.78, 5) is 31.2. The molecule has 3 rings (SSSR count). The molecule has 1 aromatic carbocycles. The average molecular weight is 412 g/mol. The zero-order chi connectivity index (χ0) is 21.5. The number of amides is 2. The van der Waals surface area contributed by atoms with Gasteiger partial charge in [0.05, 0.1) is 26.5 Å². The van der Waals surface area contributed by atoms with E-state index in [1.807, 2.05) is 13.0 Å². The van der Waals surface area contributed by atoms with Crippen molar-refractivity contribution in [2.24, 2.45) is 5.92 Å². The highest BCUT2D eigenvalue weighted by Gasteiger charge is 2.26. The summed E-state index contributed by atoms with van der Waals surface area (Å²) < 4.78 is 10.5. The lowest BCUT2D eigenvalue weighted by Gasteiger charge is -2.30. The largest absolute Gasteiger partial charge is 0.497 e. The molecule has 0 atom stereocenters. The molecule has 160 valence electrons. The van der Waals surface area contributed by atoms with Crippen molar-refractivity contribution in [2.75, 3.05) is 44.5 Å². The Morgan fingerprint density at radius 2 is 1.87 bits per heavy atom. The highest BCUT2D eigenvalue weighted by atomic mass is 16.5. The Morgan fingerprint density at radius 1 is 1.10 bits per heavy atom. The predicted molar refractivity (Wildman–Crippen MR) is 115 cm³/mol. The van der Waals surface area contributed by atoms with Gasteiger partial charge in [0, 0.05) is 18.2 Å². The third-order valence-electron chi connectivity index (χ3n) is 5.17. The molecule has 0 radical (unpaired) electrons. The quantitative estimate of drug-likeness (QED) is 0.726. The van der Waals surface area contributed by atoms with Gasteiger partial charge in [-0.05, 0) is 56.6 Å². The lowest BCUT2D eigenvalue weighted by atomic mass is 9.96. The van der Waals surface area contributed by atoms with Crippen LogP contribution in [-0.2, 0) is 9.59 Å². The minimum atomic E-state index is -0.120. The Morgan fingerprint density at radius 3 is 2.50 bits per heavy atom. The molecule has 1 aliphatic rings. The number of carbonyl (C=O) groups is 2. The number of pyridine rings is 1. The number of anilines is 2. The molecule has 1 aliphatic heterocycles. The Labute approximate surface area is 176 Å². The number of aryl methyl sites for hydroxylation is 1. The van der Waals surface area contributed by atoms with Crippen molar-refractivity contribution in [3.63, 3.8) is 0 Å². The van der Waals surface area contributed by atoms with Crippen LogP contribution in [0.1, 0.15) is 18.4 Å². The van der Waals surface area contributed by atoms with E-state index in [2.05, 4.69) is 20.5 Å². The molecule has 1 fully saturated rings. The van der Waals surface area contributed by atoms with Crippen LogP contribution in [0.4, 0.5) is 11.5 Å². The zero-order valence-electron chi connectivity index (χ0n) is 17.6. The summed E-state index contributed by atoms with van der Waals surface area (Å²) in [5, 5.41) is 5.76. The topological polar surface area (TPSA) is 92.8 Å². The third kappa shape index (κ3) is 5.70. The number of nitrogens with one attached hydrogen (secondary N) is 2. The molecule has 0 spiro atoms. The summed E-state index contributed by atoms with van der Waals surface area (Å²) in [6.45, 7) is 3.59. The molecular weight excluding hydrogens is 384 g/mol. The molecule has 2 aromatic rings. The van der Waals surface area contributed by atoms with Gasteiger partial charge >= 0.3 is 0 Å². The lowest BCUT2D eigenvalue weighted by Crippen LogP contribution is -2.41. The number of hydrogen-bond donors (Lipinski definition) is 2. The van der Waals surface area contributed by atoms with Crippen molar-refractivity contribution >= 4 is 23.3 Å². The molecular formula is C22H28N4O4. The number of nitrogens with zero attached hydrogens (tertiary/aromatic N) is 2. The van der Waals surface area contributed by atoms with E-state index < -0.39 is 0 Å². The van der Waals surface area contributed by atoms with Crippen molar-refractivity contribution in [3.8, 4) is 11.5 Å². The van der Waals surface area contributed by atoms with Crippen molar-refractivity contribution in [3.05, 3.63) is 42.1 Å². The van der Waals surface area contributed by atoms with Crippen molar-refractivity contribution in [1.82, 2.24) is 9.88 Å². The SMILES string of the molecule is COc1ccc(NC(=O)CN2CCC(C(=O)Nc3ccc(C)cn3)CC2)c(OC)c1. The van der Waals surface area contributed by atoms with Crippen LogP contribution in [0.2, 0.25) is 0 Å². The van der Waals surface area contributed by atoms with Gasteiger partial charge in [-0.1, -0.05) is 6.07 Å². The Balaban J connectivity index is 1.46. The molecule has 8 heteroatoms. The number of likely N-dealkylation sites (tertiary alicyclic amines) is 1. The zero-order valence-corrected chi connectivity index (χ0v) is 17.6. The van der Waals surface area contributed by atoms with E-state index in [1.54, 1.807) is 44.7 Å². The molecule has 0 aliphatic carbocycles. The summed E-state index contributed by atoms with van der Waals surface area (Å²) in [6.07, 6.45) is 3.14. The van der Waals surface area contributed by atoms with Crippen LogP contribution < -0.4 is 20.1 Å². The Hall–Kier alpha value is -3.13. The molecule has 0 bridgehead atoms. The first kappa shape index (κ1) is 21.6. The second-order valence-electron chi connectivity index (χ2n) is 7.37. The van der Waals surface area contributed by atoms with Gasteiger partial charge < -0.3 is 20.1 Å². The van der Waals surface area contributed by atoms with Crippen LogP contribution in [0.25, 0.3) is 0 Å². The minimum absolute atomic E-state index is 0.0153. The average Bonchev–Trinajstić information content (AvgIpc) is 2.76. The van der Waals surface area contributed by atoms with Crippen LogP contribution in [0.15, 0.2) is 36.5 Å². The fourth-order valence-corrected chi connectivity index (χ4v) is 3.42. The summed E-state index contributed by atoms with van der Waals surface area (Å²) >= 11 is 0. The number of methoxy groups -OCH3 is 2. The number of hydrogen-bond acceptors (Lipinski definition) is 6. The standard InChI is InChI=1S/C22H28N4O4/c1-15-4-7-20(23-13-15)25-22(28)16-8-10-26(11-9-16)14-21(27)24-18-6-5-17(29-2)12-19(18)30-3/h4-7,12-13,16H,8-11,14H2,1-3H3,(H,24,27)(H,23,25,28). The summed E-state index contributed by atoms with van der Waals surface area (Å²) in [5.41, 5.74) is 1.65. The normalized spacial score (nSPS) is 14.8. The van der Waals surface area contributed by atoms with Gasteiger partial charge in [0.2, 0.25) is 11.8 Å². The summed E-state index contributed by atoms with van der Waals surface area (Å²) in [6, 6.07) is 8.97. The van der Waals surface area contributed by atoms with Gasteiger partial charge in [-0.25, -0.2) is 4.98 Å². The Kier molecular flexibility index (Phi) is 7.24. The number of rotatable bonds is 7. The first-order valence-electron chi connectivity index (χ1n) is 9.96. The molecule has 1 saturated heterocycles. The van der Waals surface area contributed by atoms with Crippen LogP contribution in [-0.4, -0.2) is 55.6 Å². The first-order chi connectivity index (χ1) is 14.5. The van der Waals surface area contributed by atoms with E-state index in [9.17, 15) is 9.59 Å². The molecule has 1 aromatic heterocycles. The van der Waals surface area contributed by atoms with Crippen molar-refractivity contribution in [1.29, 1.82) is 0 Å². The van der Waals surface area contributed by atoms with Gasteiger partial charge in [-0.2, -0.15) is 0 Å².